The highest BCUT2D eigenvalue weighted by Gasteiger charge is 2.30. The summed E-state index contributed by atoms with van der Waals surface area (Å²) in [5.74, 6) is -0.382. The van der Waals surface area contributed by atoms with Crippen LogP contribution in [0, 0.1) is 5.92 Å². The molecule has 116 valence electrons. The highest BCUT2D eigenvalue weighted by atomic mass is 32.2. The molecule has 0 unspecified atom stereocenters. The molecule has 0 saturated carbocycles. The topological polar surface area (TPSA) is 79.4 Å². The van der Waals surface area contributed by atoms with Crippen molar-refractivity contribution in [1.29, 1.82) is 0 Å². The van der Waals surface area contributed by atoms with Crippen LogP contribution in [0.4, 0.5) is 0 Å². The first-order chi connectivity index (χ1) is 9.88. The van der Waals surface area contributed by atoms with E-state index in [4.69, 9.17) is 0 Å². The Bertz CT molecular complexity index is 589. The third-order valence-corrected chi connectivity index (χ3v) is 5.04. The molecule has 1 aliphatic rings. The van der Waals surface area contributed by atoms with Crippen molar-refractivity contribution in [3.05, 3.63) is 30.1 Å². The number of nitrogens with zero attached hydrogens (tertiary/aromatic N) is 2. The first-order valence-electron chi connectivity index (χ1n) is 7.03. The molecule has 1 amide bonds. The van der Waals surface area contributed by atoms with Gasteiger partial charge in [-0.3, -0.25) is 9.78 Å². The van der Waals surface area contributed by atoms with Crippen LogP contribution in [0.2, 0.25) is 0 Å². The van der Waals surface area contributed by atoms with Gasteiger partial charge < -0.3 is 5.32 Å². The normalized spacial score (nSPS) is 21.7. The number of hydrogen-bond donors (Lipinski definition) is 1. The second-order valence-corrected chi connectivity index (χ2v) is 7.46. The molecule has 1 saturated heterocycles. The smallest absolute Gasteiger partial charge is 0.224 e. The quantitative estimate of drug-likeness (QED) is 0.897. The molecule has 1 aromatic rings. The van der Waals surface area contributed by atoms with Crippen molar-refractivity contribution in [2.75, 3.05) is 19.3 Å². The third kappa shape index (κ3) is 4.25. The van der Waals surface area contributed by atoms with Crippen molar-refractivity contribution in [3.63, 3.8) is 0 Å². The first kappa shape index (κ1) is 15.9. The third-order valence-electron chi connectivity index (χ3n) is 3.77. The number of pyridine rings is 1. The lowest BCUT2D eigenvalue weighted by Gasteiger charge is -2.30. The highest BCUT2D eigenvalue weighted by Crippen LogP contribution is 2.20. The van der Waals surface area contributed by atoms with E-state index in [0.29, 0.717) is 13.0 Å². The van der Waals surface area contributed by atoms with Crippen molar-refractivity contribution in [2.24, 2.45) is 5.92 Å². The van der Waals surface area contributed by atoms with Gasteiger partial charge in [0, 0.05) is 25.5 Å². The molecular formula is C14H21N3O3S. The summed E-state index contributed by atoms with van der Waals surface area (Å²) in [6.07, 6.45) is 6.02. The Labute approximate surface area is 125 Å². The van der Waals surface area contributed by atoms with E-state index in [2.05, 4.69) is 10.3 Å². The summed E-state index contributed by atoms with van der Waals surface area (Å²) < 4.78 is 24.6. The van der Waals surface area contributed by atoms with E-state index in [1.807, 2.05) is 19.1 Å². The molecule has 0 radical (unpaired) electrons. The second kappa shape index (κ2) is 6.53. The molecular weight excluding hydrogens is 290 g/mol. The number of nitrogens with one attached hydrogen (secondary N) is 1. The van der Waals surface area contributed by atoms with E-state index in [0.717, 1.165) is 12.0 Å². The number of piperidine rings is 1. The molecule has 0 aromatic carbocycles. The minimum Gasteiger partial charge on any atom is -0.349 e. The van der Waals surface area contributed by atoms with Gasteiger partial charge in [0.2, 0.25) is 15.9 Å². The molecule has 0 bridgehead atoms. The number of sulfonamides is 1. The van der Waals surface area contributed by atoms with Gasteiger partial charge in [0.25, 0.3) is 0 Å². The predicted octanol–water partition coefficient (Wildman–Crippen LogP) is 0.930. The van der Waals surface area contributed by atoms with Gasteiger partial charge in [-0.1, -0.05) is 6.07 Å². The Morgan fingerprint density at radius 1 is 1.52 bits per heavy atom. The monoisotopic (exact) mass is 311 g/mol. The highest BCUT2D eigenvalue weighted by molar-refractivity contribution is 7.88. The fraction of sp³-hybridized carbons (Fsp3) is 0.571. The number of rotatable bonds is 4. The fourth-order valence-corrected chi connectivity index (χ4v) is 3.42. The second-order valence-electron chi connectivity index (χ2n) is 5.48. The maximum atomic E-state index is 12.3. The summed E-state index contributed by atoms with van der Waals surface area (Å²) in [7, 11) is -3.23. The average molecular weight is 311 g/mol. The Morgan fingerprint density at radius 2 is 2.29 bits per heavy atom. The molecule has 1 N–H and O–H groups in total. The van der Waals surface area contributed by atoms with E-state index in [9.17, 15) is 13.2 Å². The van der Waals surface area contributed by atoms with E-state index in [1.165, 1.54) is 10.6 Å². The van der Waals surface area contributed by atoms with Gasteiger partial charge in [-0.15, -0.1) is 0 Å². The van der Waals surface area contributed by atoms with Gasteiger partial charge in [0.15, 0.2) is 0 Å². The molecule has 21 heavy (non-hydrogen) atoms. The standard InChI is InChI=1S/C14H21N3O3S/c1-11(12-5-3-7-15-9-12)16-14(18)13-6-4-8-17(10-13)21(2,19)20/h3,5,7,9,11,13H,4,6,8,10H2,1-2H3,(H,16,18)/t11-,13-/m0/s1. The van der Waals surface area contributed by atoms with Gasteiger partial charge in [0.05, 0.1) is 18.2 Å². The van der Waals surface area contributed by atoms with Gasteiger partial charge in [-0.05, 0) is 31.4 Å². The fourth-order valence-electron chi connectivity index (χ4n) is 2.50. The minimum absolute atomic E-state index is 0.0975. The Kier molecular flexibility index (Phi) is 4.95. The number of carbonyl (C=O) groups excluding carboxylic acids is 1. The van der Waals surface area contributed by atoms with Crippen LogP contribution in [0.1, 0.15) is 31.4 Å². The molecule has 7 heteroatoms. The molecule has 0 spiro atoms. The molecule has 1 fully saturated rings. The van der Waals surface area contributed by atoms with Crippen LogP contribution in [0.3, 0.4) is 0 Å². The van der Waals surface area contributed by atoms with Crippen molar-refractivity contribution in [3.8, 4) is 0 Å². The summed E-state index contributed by atoms with van der Waals surface area (Å²) in [6, 6.07) is 3.59. The van der Waals surface area contributed by atoms with Crippen molar-refractivity contribution >= 4 is 15.9 Å². The van der Waals surface area contributed by atoms with E-state index in [-0.39, 0.29) is 24.4 Å². The van der Waals surface area contributed by atoms with Gasteiger partial charge in [0.1, 0.15) is 0 Å². The summed E-state index contributed by atoms with van der Waals surface area (Å²) >= 11 is 0. The Morgan fingerprint density at radius 3 is 2.90 bits per heavy atom. The summed E-state index contributed by atoms with van der Waals surface area (Å²) in [4.78, 5) is 16.3. The van der Waals surface area contributed by atoms with Crippen LogP contribution in [0.5, 0.6) is 0 Å². The molecule has 2 heterocycles. The first-order valence-corrected chi connectivity index (χ1v) is 8.88. The molecule has 6 nitrogen and oxygen atoms in total. The van der Waals surface area contributed by atoms with Crippen LogP contribution in [0.25, 0.3) is 0 Å². The maximum absolute atomic E-state index is 12.3. The lowest BCUT2D eigenvalue weighted by molar-refractivity contribution is -0.126. The van der Waals surface area contributed by atoms with Crippen LogP contribution in [-0.2, 0) is 14.8 Å². The van der Waals surface area contributed by atoms with Gasteiger partial charge in [-0.2, -0.15) is 0 Å². The van der Waals surface area contributed by atoms with E-state index in [1.54, 1.807) is 12.4 Å². The summed E-state index contributed by atoms with van der Waals surface area (Å²) in [5, 5.41) is 2.94. The number of aromatic nitrogens is 1. The largest absolute Gasteiger partial charge is 0.349 e. The molecule has 1 aliphatic heterocycles. The van der Waals surface area contributed by atoms with Gasteiger partial charge >= 0.3 is 0 Å². The zero-order chi connectivity index (χ0) is 15.5. The average Bonchev–Trinajstić information content (AvgIpc) is 2.47. The van der Waals surface area contributed by atoms with Crippen molar-refractivity contribution in [2.45, 2.75) is 25.8 Å². The lowest BCUT2D eigenvalue weighted by Crippen LogP contribution is -2.45. The van der Waals surface area contributed by atoms with Crippen LogP contribution >= 0.6 is 0 Å². The Hall–Kier alpha value is -1.47. The van der Waals surface area contributed by atoms with Crippen LogP contribution in [-0.4, -0.2) is 43.0 Å². The molecule has 2 atom stereocenters. The maximum Gasteiger partial charge on any atom is 0.224 e. The number of hydrogen-bond acceptors (Lipinski definition) is 4. The molecule has 0 aliphatic carbocycles. The molecule has 2 rings (SSSR count). The van der Waals surface area contributed by atoms with Gasteiger partial charge in [-0.25, -0.2) is 12.7 Å². The van der Waals surface area contributed by atoms with Crippen molar-refractivity contribution < 1.29 is 13.2 Å². The zero-order valence-corrected chi connectivity index (χ0v) is 13.1. The minimum atomic E-state index is -3.23. The van der Waals surface area contributed by atoms with Crippen LogP contribution in [0.15, 0.2) is 24.5 Å². The summed E-state index contributed by atoms with van der Waals surface area (Å²) in [6.45, 7) is 2.66. The number of amides is 1. The lowest BCUT2D eigenvalue weighted by atomic mass is 9.98. The van der Waals surface area contributed by atoms with Crippen molar-refractivity contribution in [1.82, 2.24) is 14.6 Å². The van der Waals surface area contributed by atoms with E-state index >= 15 is 0 Å². The Balaban J connectivity index is 1.97. The predicted molar refractivity (Wildman–Crippen MR) is 79.9 cm³/mol. The number of carbonyl (C=O) groups is 1. The van der Waals surface area contributed by atoms with E-state index < -0.39 is 10.0 Å². The SMILES string of the molecule is C[C@H](NC(=O)[C@H]1CCCN(S(C)(=O)=O)C1)c1cccnc1. The molecule has 1 aromatic heterocycles. The zero-order valence-electron chi connectivity index (χ0n) is 12.3. The summed E-state index contributed by atoms with van der Waals surface area (Å²) in [5.41, 5.74) is 0.932. The van der Waals surface area contributed by atoms with Crippen LogP contribution < -0.4 is 5.32 Å².